The Morgan fingerprint density at radius 1 is 1.41 bits per heavy atom. The molecule has 1 amide bonds. The summed E-state index contributed by atoms with van der Waals surface area (Å²) in [7, 11) is 0. The molecule has 1 heterocycles. The number of benzene rings is 1. The number of rotatable bonds is 5. The maximum absolute atomic E-state index is 12.4. The van der Waals surface area contributed by atoms with Gasteiger partial charge in [0.05, 0.1) is 10.6 Å². The lowest BCUT2D eigenvalue weighted by Gasteiger charge is -2.12. The van der Waals surface area contributed by atoms with Crippen molar-refractivity contribution in [3.05, 3.63) is 57.3 Å². The highest BCUT2D eigenvalue weighted by Gasteiger charge is 2.13. The van der Waals surface area contributed by atoms with Gasteiger partial charge in [-0.15, -0.1) is 0 Å². The normalized spacial score (nSPS) is 10.6. The molecule has 0 bridgehead atoms. The molecule has 0 aliphatic carbocycles. The maximum Gasteiger partial charge on any atom is 0.387 e. The minimum absolute atomic E-state index is 0.000625. The molecular formula is C14H10BrClF2N2O2. The van der Waals surface area contributed by atoms with E-state index in [9.17, 15) is 13.6 Å². The molecule has 1 aromatic carbocycles. The smallest absolute Gasteiger partial charge is 0.387 e. The van der Waals surface area contributed by atoms with E-state index in [1.165, 1.54) is 24.5 Å². The fourth-order valence-corrected chi connectivity index (χ4v) is 2.34. The average molecular weight is 392 g/mol. The van der Waals surface area contributed by atoms with E-state index >= 15 is 0 Å². The van der Waals surface area contributed by atoms with Crippen LogP contribution in [-0.2, 0) is 6.54 Å². The number of alkyl halides is 2. The van der Waals surface area contributed by atoms with Gasteiger partial charge < -0.3 is 10.1 Å². The van der Waals surface area contributed by atoms with Crippen LogP contribution >= 0.6 is 27.5 Å². The highest BCUT2D eigenvalue weighted by molar-refractivity contribution is 9.10. The van der Waals surface area contributed by atoms with Gasteiger partial charge in [-0.1, -0.05) is 27.5 Å². The Balaban J connectivity index is 2.12. The van der Waals surface area contributed by atoms with Crippen molar-refractivity contribution in [3.63, 3.8) is 0 Å². The highest BCUT2D eigenvalue weighted by Crippen LogP contribution is 2.25. The van der Waals surface area contributed by atoms with Crippen molar-refractivity contribution in [2.24, 2.45) is 0 Å². The zero-order valence-corrected chi connectivity index (χ0v) is 13.4. The first-order valence-electron chi connectivity index (χ1n) is 6.08. The summed E-state index contributed by atoms with van der Waals surface area (Å²) in [4.78, 5) is 15.8. The molecule has 0 atom stereocenters. The van der Waals surface area contributed by atoms with Crippen molar-refractivity contribution in [3.8, 4) is 5.75 Å². The molecule has 8 heteroatoms. The monoisotopic (exact) mass is 390 g/mol. The predicted octanol–water partition coefficient (Wildman–Crippen LogP) is 4.03. The van der Waals surface area contributed by atoms with Gasteiger partial charge in [-0.05, 0) is 24.3 Å². The molecule has 0 aliphatic rings. The summed E-state index contributed by atoms with van der Waals surface area (Å²) in [6.45, 7) is -2.93. The number of nitrogens with one attached hydrogen (secondary N) is 1. The third kappa shape index (κ3) is 4.38. The summed E-state index contributed by atoms with van der Waals surface area (Å²) >= 11 is 9.11. The summed E-state index contributed by atoms with van der Waals surface area (Å²) < 4.78 is 29.8. The molecule has 2 rings (SSSR count). The number of halogens is 4. The predicted molar refractivity (Wildman–Crippen MR) is 81.2 cm³/mol. The Kier molecular flexibility index (Phi) is 5.68. The zero-order valence-electron chi connectivity index (χ0n) is 11.0. The van der Waals surface area contributed by atoms with Crippen LogP contribution < -0.4 is 10.1 Å². The Hall–Kier alpha value is -1.73. The Morgan fingerprint density at radius 2 is 2.18 bits per heavy atom. The van der Waals surface area contributed by atoms with Gasteiger partial charge in [-0.3, -0.25) is 9.78 Å². The molecule has 2 aromatic rings. The van der Waals surface area contributed by atoms with Crippen LogP contribution in [0, 0.1) is 0 Å². The molecule has 1 N–H and O–H groups in total. The molecule has 116 valence electrons. The zero-order chi connectivity index (χ0) is 16.1. The molecular weight excluding hydrogens is 382 g/mol. The molecule has 0 radical (unpaired) electrons. The maximum atomic E-state index is 12.4. The van der Waals surface area contributed by atoms with Gasteiger partial charge in [0, 0.05) is 29.0 Å². The lowest BCUT2D eigenvalue weighted by Crippen LogP contribution is -2.23. The van der Waals surface area contributed by atoms with Gasteiger partial charge in [-0.25, -0.2) is 0 Å². The van der Waals surface area contributed by atoms with E-state index in [4.69, 9.17) is 11.6 Å². The van der Waals surface area contributed by atoms with Gasteiger partial charge in [0.2, 0.25) is 0 Å². The standard InChI is InChI=1S/C14H10BrClF2N2O2/c15-9-1-2-12(22-14(17)18)8(5-9)6-20-13(21)10-3-4-19-7-11(10)16/h1-5,7,14H,6H2,(H,20,21). The van der Waals surface area contributed by atoms with Crippen molar-refractivity contribution < 1.29 is 18.3 Å². The van der Waals surface area contributed by atoms with Crippen LogP contribution in [0.5, 0.6) is 5.75 Å². The molecule has 0 spiro atoms. The van der Waals surface area contributed by atoms with Crippen molar-refractivity contribution >= 4 is 33.4 Å². The van der Waals surface area contributed by atoms with Crippen molar-refractivity contribution in [2.45, 2.75) is 13.2 Å². The molecule has 0 fully saturated rings. The van der Waals surface area contributed by atoms with Gasteiger partial charge in [0.25, 0.3) is 5.91 Å². The quantitative estimate of drug-likeness (QED) is 0.837. The average Bonchev–Trinajstić information content (AvgIpc) is 2.47. The lowest BCUT2D eigenvalue weighted by molar-refractivity contribution is -0.0504. The number of ether oxygens (including phenoxy) is 1. The van der Waals surface area contributed by atoms with Crippen LogP contribution in [0.3, 0.4) is 0 Å². The summed E-state index contributed by atoms with van der Waals surface area (Å²) in [5, 5.41) is 2.81. The van der Waals surface area contributed by atoms with Crippen LogP contribution in [0.4, 0.5) is 8.78 Å². The van der Waals surface area contributed by atoms with Crippen LogP contribution in [0.25, 0.3) is 0 Å². The summed E-state index contributed by atoms with van der Waals surface area (Å²) in [5.74, 6) is -0.435. The van der Waals surface area contributed by atoms with Crippen LogP contribution in [-0.4, -0.2) is 17.5 Å². The topological polar surface area (TPSA) is 51.2 Å². The molecule has 1 aromatic heterocycles. The van der Waals surface area contributed by atoms with Crippen molar-refractivity contribution in [1.82, 2.24) is 10.3 Å². The summed E-state index contributed by atoms with van der Waals surface area (Å²) in [6.07, 6.45) is 2.78. The van der Waals surface area contributed by atoms with Gasteiger partial charge in [-0.2, -0.15) is 8.78 Å². The van der Waals surface area contributed by atoms with Gasteiger partial charge in [0.15, 0.2) is 0 Å². The van der Waals surface area contributed by atoms with E-state index in [1.54, 1.807) is 12.1 Å². The Labute approximate surface area is 138 Å². The number of hydrogen-bond donors (Lipinski definition) is 1. The van der Waals surface area contributed by atoms with E-state index in [-0.39, 0.29) is 22.9 Å². The molecule has 22 heavy (non-hydrogen) atoms. The number of amides is 1. The number of hydrogen-bond acceptors (Lipinski definition) is 3. The minimum Gasteiger partial charge on any atom is -0.434 e. The first kappa shape index (κ1) is 16.6. The van der Waals surface area contributed by atoms with E-state index in [0.717, 1.165) is 0 Å². The van der Waals surface area contributed by atoms with Gasteiger partial charge >= 0.3 is 6.61 Å². The molecule has 0 aliphatic heterocycles. The Morgan fingerprint density at radius 3 is 2.86 bits per heavy atom. The van der Waals surface area contributed by atoms with E-state index < -0.39 is 12.5 Å². The lowest BCUT2D eigenvalue weighted by atomic mass is 10.2. The first-order chi connectivity index (χ1) is 10.5. The number of nitrogens with zero attached hydrogens (tertiary/aromatic N) is 1. The van der Waals surface area contributed by atoms with Gasteiger partial charge in [0.1, 0.15) is 5.75 Å². The molecule has 4 nitrogen and oxygen atoms in total. The molecule has 0 saturated heterocycles. The first-order valence-corrected chi connectivity index (χ1v) is 7.25. The largest absolute Gasteiger partial charge is 0.434 e. The third-order valence-corrected chi connectivity index (χ3v) is 3.49. The number of pyridine rings is 1. The molecule has 0 unspecified atom stereocenters. The van der Waals surface area contributed by atoms with Crippen LogP contribution in [0.1, 0.15) is 15.9 Å². The highest BCUT2D eigenvalue weighted by atomic mass is 79.9. The SMILES string of the molecule is O=C(NCc1cc(Br)ccc1OC(F)F)c1ccncc1Cl. The minimum atomic E-state index is -2.94. The van der Waals surface area contributed by atoms with Crippen LogP contribution in [0.2, 0.25) is 5.02 Å². The van der Waals surface area contributed by atoms with E-state index in [0.29, 0.717) is 10.0 Å². The second-order valence-corrected chi connectivity index (χ2v) is 5.49. The number of carbonyl (C=O) groups is 1. The summed E-state index contributed by atoms with van der Waals surface area (Å²) in [6, 6.07) is 6.03. The van der Waals surface area contributed by atoms with Crippen LogP contribution in [0.15, 0.2) is 41.1 Å². The third-order valence-electron chi connectivity index (χ3n) is 2.70. The van der Waals surface area contributed by atoms with E-state index in [2.05, 4.69) is 31.0 Å². The Bertz CT molecular complexity index is 686. The fourth-order valence-electron chi connectivity index (χ4n) is 1.73. The fraction of sp³-hybridized carbons (Fsp3) is 0.143. The molecule has 0 saturated carbocycles. The second-order valence-electron chi connectivity index (χ2n) is 4.17. The number of carbonyl (C=O) groups excluding carboxylic acids is 1. The summed E-state index contributed by atoms with van der Waals surface area (Å²) in [5.41, 5.74) is 0.663. The van der Waals surface area contributed by atoms with E-state index in [1.807, 2.05) is 0 Å². The van der Waals surface area contributed by atoms with Crippen molar-refractivity contribution in [2.75, 3.05) is 0 Å². The van der Waals surface area contributed by atoms with Crippen molar-refractivity contribution in [1.29, 1.82) is 0 Å². The number of aromatic nitrogens is 1. The second kappa shape index (κ2) is 7.51.